The van der Waals surface area contributed by atoms with Crippen molar-refractivity contribution in [2.45, 2.75) is 0 Å². The molecule has 4 nitrogen and oxygen atoms in total. The molecule has 0 aliphatic rings. The Labute approximate surface area is 174 Å². The number of fused-ring (bicyclic) bond motifs is 1. The Bertz CT molecular complexity index is 1210. The fraction of sp³-hybridized carbons (Fsp3) is 0. The number of rotatable bonds is 5. The highest BCUT2D eigenvalue weighted by Gasteiger charge is 2.15. The Hall–Kier alpha value is -4.18. The average Bonchev–Trinajstić information content (AvgIpc) is 2.79. The zero-order chi connectivity index (χ0) is 20.8. The lowest BCUT2D eigenvalue weighted by atomic mass is 10.1. The molecule has 0 aliphatic heterocycles. The molecule has 4 heteroatoms. The SMILES string of the molecule is O=C(/C=C/c1ccccc1)Oc1cccc2cccc(OC(=O)c3ccccc3)c12. The second-order valence-electron chi connectivity index (χ2n) is 6.53. The summed E-state index contributed by atoms with van der Waals surface area (Å²) in [5, 5.41) is 1.36. The van der Waals surface area contributed by atoms with Crippen LogP contribution in [-0.4, -0.2) is 11.9 Å². The molecule has 0 saturated carbocycles. The van der Waals surface area contributed by atoms with E-state index in [0.29, 0.717) is 22.4 Å². The molecule has 0 radical (unpaired) electrons. The minimum atomic E-state index is -0.518. The minimum absolute atomic E-state index is 0.326. The Morgan fingerprint density at radius 1 is 0.633 bits per heavy atom. The summed E-state index contributed by atoms with van der Waals surface area (Å²) in [4.78, 5) is 24.9. The Kier molecular flexibility index (Phi) is 5.67. The molecule has 0 heterocycles. The molecular weight excluding hydrogens is 376 g/mol. The summed E-state index contributed by atoms with van der Waals surface area (Å²) in [5.74, 6) is -0.341. The van der Waals surface area contributed by atoms with Gasteiger partial charge in [0.05, 0.1) is 10.9 Å². The lowest BCUT2D eigenvalue weighted by Gasteiger charge is -2.11. The van der Waals surface area contributed by atoms with Crippen LogP contribution in [0, 0.1) is 0 Å². The zero-order valence-corrected chi connectivity index (χ0v) is 16.0. The van der Waals surface area contributed by atoms with Crippen molar-refractivity contribution in [3.8, 4) is 11.5 Å². The molecule has 0 saturated heterocycles. The monoisotopic (exact) mass is 394 g/mol. The van der Waals surface area contributed by atoms with Crippen molar-refractivity contribution in [2.24, 2.45) is 0 Å². The van der Waals surface area contributed by atoms with E-state index in [1.165, 1.54) is 6.08 Å². The molecular formula is C26H18O4. The molecule has 0 N–H and O–H groups in total. The Balaban J connectivity index is 1.61. The smallest absolute Gasteiger partial charge is 0.343 e. The topological polar surface area (TPSA) is 52.6 Å². The van der Waals surface area contributed by atoms with Crippen LogP contribution in [0.15, 0.2) is 103 Å². The molecule has 0 aliphatic carbocycles. The van der Waals surface area contributed by atoms with Crippen molar-refractivity contribution in [1.29, 1.82) is 0 Å². The van der Waals surface area contributed by atoms with Gasteiger partial charge < -0.3 is 9.47 Å². The highest BCUT2D eigenvalue weighted by atomic mass is 16.5. The van der Waals surface area contributed by atoms with Crippen LogP contribution in [0.25, 0.3) is 16.8 Å². The number of hydrogen-bond donors (Lipinski definition) is 0. The van der Waals surface area contributed by atoms with E-state index in [1.807, 2.05) is 48.5 Å². The molecule has 0 bridgehead atoms. The van der Waals surface area contributed by atoms with Crippen molar-refractivity contribution < 1.29 is 19.1 Å². The van der Waals surface area contributed by atoms with E-state index in [-0.39, 0.29) is 0 Å². The lowest BCUT2D eigenvalue weighted by molar-refractivity contribution is -0.128. The third kappa shape index (κ3) is 4.45. The summed E-state index contributed by atoms with van der Waals surface area (Å²) >= 11 is 0. The first-order valence-electron chi connectivity index (χ1n) is 9.44. The predicted molar refractivity (Wildman–Crippen MR) is 116 cm³/mol. The second kappa shape index (κ2) is 8.88. The Morgan fingerprint density at radius 2 is 1.23 bits per heavy atom. The van der Waals surface area contributed by atoms with E-state index in [9.17, 15) is 9.59 Å². The largest absolute Gasteiger partial charge is 0.423 e. The number of carbonyl (C=O) groups excluding carboxylic acids is 2. The van der Waals surface area contributed by atoms with Gasteiger partial charge in [0.15, 0.2) is 0 Å². The summed E-state index contributed by atoms with van der Waals surface area (Å²) < 4.78 is 11.2. The number of benzene rings is 4. The van der Waals surface area contributed by atoms with E-state index < -0.39 is 11.9 Å². The number of carbonyl (C=O) groups is 2. The van der Waals surface area contributed by atoms with Gasteiger partial charge >= 0.3 is 11.9 Å². The van der Waals surface area contributed by atoms with Gasteiger partial charge in [0, 0.05) is 6.08 Å². The molecule has 0 atom stereocenters. The summed E-state index contributed by atoms with van der Waals surface area (Å²) in [6.45, 7) is 0. The van der Waals surface area contributed by atoms with Gasteiger partial charge in [0.1, 0.15) is 11.5 Å². The molecule has 0 fully saturated rings. The molecule has 30 heavy (non-hydrogen) atoms. The molecule has 4 aromatic carbocycles. The van der Waals surface area contributed by atoms with Crippen molar-refractivity contribution >= 4 is 28.8 Å². The molecule has 0 spiro atoms. The first kappa shape index (κ1) is 19.2. The second-order valence-corrected chi connectivity index (χ2v) is 6.53. The third-order valence-electron chi connectivity index (χ3n) is 4.46. The summed E-state index contributed by atoms with van der Waals surface area (Å²) in [5.41, 5.74) is 1.33. The van der Waals surface area contributed by atoms with Crippen LogP contribution in [0.5, 0.6) is 11.5 Å². The average molecular weight is 394 g/mol. The molecule has 146 valence electrons. The maximum atomic E-state index is 12.5. The fourth-order valence-electron chi connectivity index (χ4n) is 3.05. The fourth-order valence-corrected chi connectivity index (χ4v) is 3.05. The van der Waals surface area contributed by atoms with Crippen molar-refractivity contribution in [3.05, 3.63) is 114 Å². The minimum Gasteiger partial charge on any atom is -0.423 e. The van der Waals surface area contributed by atoms with Gasteiger partial charge in [0.2, 0.25) is 0 Å². The van der Waals surface area contributed by atoms with Gasteiger partial charge in [-0.15, -0.1) is 0 Å². The van der Waals surface area contributed by atoms with Crippen LogP contribution < -0.4 is 9.47 Å². The van der Waals surface area contributed by atoms with Gasteiger partial charge in [-0.05, 0) is 41.3 Å². The van der Waals surface area contributed by atoms with Gasteiger partial charge in [-0.25, -0.2) is 9.59 Å². The Morgan fingerprint density at radius 3 is 1.90 bits per heavy atom. The maximum Gasteiger partial charge on any atom is 0.343 e. The van der Waals surface area contributed by atoms with E-state index in [1.54, 1.807) is 54.6 Å². The molecule has 4 rings (SSSR count). The van der Waals surface area contributed by atoms with Crippen LogP contribution in [0.3, 0.4) is 0 Å². The van der Waals surface area contributed by atoms with Crippen LogP contribution in [0.1, 0.15) is 15.9 Å². The number of ether oxygens (including phenoxy) is 2. The summed E-state index contributed by atoms with van der Waals surface area (Å²) in [6, 6.07) is 28.9. The van der Waals surface area contributed by atoms with Crippen LogP contribution in [0.2, 0.25) is 0 Å². The van der Waals surface area contributed by atoms with E-state index in [4.69, 9.17) is 9.47 Å². The molecule has 0 unspecified atom stereocenters. The highest BCUT2D eigenvalue weighted by Crippen LogP contribution is 2.34. The quantitative estimate of drug-likeness (QED) is 0.248. The van der Waals surface area contributed by atoms with Gasteiger partial charge in [0.25, 0.3) is 0 Å². The first-order chi connectivity index (χ1) is 14.7. The zero-order valence-electron chi connectivity index (χ0n) is 16.0. The normalized spacial score (nSPS) is 10.8. The summed E-state index contributed by atoms with van der Waals surface area (Å²) in [6.07, 6.45) is 3.05. The molecule has 4 aromatic rings. The lowest BCUT2D eigenvalue weighted by Crippen LogP contribution is -2.09. The van der Waals surface area contributed by atoms with E-state index >= 15 is 0 Å². The van der Waals surface area contributed by atoms with Crippen LogP contribution >= 0.6 is 0 Å². The van der Waals surface area contributed by atoms with Gasteiger partial charge in [-0.1, -0.05) is 72.8 Å². The van der Waals surface area contributed by atoms with Gasteiger partial charge in [-0.2, -0.15) is 0 Å². The van der Waals surface area contributed by atoms with Gasteiger partial charge in [-0.3, -0.25) is 0 Å². The third-order valence-corrected chi connectivity index (χ3v) is 4.46. The predicted octanol–water partition coefficient (Wildman–Crippen LogP) is 5.68. The van der Waals surface area contributed by atoms with Crippen LogP contribution in [0.4, 0.5) is 0 Å². The molecule has 0 amide bonds. The maximum absolute atomic E-state index is 12.5. The summed E-state index contributed by atoms with van der Waals surface area (Å²) in [7, 11) is 0. The van der Waals surface area contributed by atoms with E-state index in [2.05, 4.69) is 0 Å². The number of esters is 2. The van der Waals surface area contributed by atoms with Crippen molar-refractivity contribution in [3.63, 3.8) is 0 Å². The first-order valence-corrected chi connectivity index (χ1v) is 9.44. The number of hydrogen-bond acceptors (Lipinski definition) is 4. The van der Waals surface area contributed by atoms with E-state index in [0.717, 1.165) is 10.9 Å². The standard InChI is InChI=1S/C26H18O4/c27-24(18-17-19-9-3-1-4-10-19)29-22-15-7-13-20-14-8-16-23(25(20)22)30-26(28)21-11-5-2-6-12-21/h1-18H/b18-17+. The van der Waals surface area contributed by atoms with Crippen molar-refractivity contribution in [2.75, 3.05) is 0 Å². The van der Waals surface area contributed by atoms with Crippen molar-refractivity contribution in [1.82, 2.24) is 0 Å². The highest BCUT2D eigenvalue weighted by molar-refractivity contribution is 6.00. The van der Waals surface area contributed by atoms with Crippen LogP contribution in [-0.2, 0) is 4.79 Å². The molecule has 0 aromatic heterocycles.